The molecular weight excluding hydrogens is 216 g/mol. The first-order valence-corrected chi connectivity index (χ1v) is 6.04. The molecule has 1 fully saturated rings. The predicted molar refractivity (Wildman–Crippen MR) is 66.7 cm³/mol. The van der Waals surface area contributed by atoms with E-state index in [0.717, 1.165) is 12.8 Å². The van der Waals surface area contributed by atoms with Gasteiger partial charge in [0.15, 0.2) is 0 Å². The summed E-state index contributed by atoms with van der Waals surface area (Å²) in [4.78, 5) is 12.2. The molecule has 1 aromatic rings. The first-order valence-electron chi connectivity index (χ1n) is 6.04. The van der Waals surface area contributed by atoms with E-state index >= 15 is 0 Å². The van der Waals surface area contributed by atoms with E-state index in [1.165, 1.54) is 12.8 Å². The van der Waals surface area contributed by atoms with E-state index in [-0.39, 0.29) is 11.4 Å². The average molecular weight is 236 g/mol. The summed E-state index contributed by atoms with van der Waals surface area (Å²) >= 11 is 0. The second kappa shape index (κ2) is 4.05. The van der Waals surface area contributed by atoms with Crippen LogP contribution in [0.2, 0.25) is 0 Å². The van der Waals surface area contributed by atoms with Crippen molar-refractivity contribution < 1.29 is 4.79 Å². The molecule has 0 aliphatic heterocycles. The Kier molecular flexibility index (Phi) is 2.85. The van der Waals surface area contributed by atoms with Gasteiger partial charge in [-0.15, -0.1) is 0 Å². The fourth-order valence-corrected chi connectivity index (χ4v) is 2.56. The predicted octanol–water partition coefficient (Wildman–Crippen LogP) is 1.37. The van der Waals surface area contributed by atoms with Crippen LogP contribution in [0.15, 0.2) is 0 Å². The van der Waals surface area contributed by atoms with Gasteiger partial charge in [-0.1, -0.05) is 12.8 Å². The minimum Gasteiger partial charge on any atom is -0.395 e. The first kappa shape index (κ1) is 12.0. The van der Waals surface area contributed by atoms with Crippen molar-refractivity contribution in [3.8, 4) is 0 Å². The second-order valence-corrected chi connectivity index (χ2v) is 5.19. The van der Waals surface area contributed by atoms with E-state index < -0.39 is 0 Å². The van der Waals surface area contributed by atoms with Crippen LogP contribution in [0.5, 0.6) is 0 Å². The van der Waals surface area contributed by atoms with Crippen LogP contribution in [0.3, 0.4) is 0 Å². The highest BCUT2D eigenvalue weighted by Gasteiger charge is 2.32. The molecule has 94 valence electrons. The summed E-state index contributed by atoms with van der Waals surface area (Å²) in [5, 5.41) is 7.25. The summed E-state index contributed by atoms with van der Waals surface area (Å²) in [7, 11) is 1.75. The van der Waals surface area contributed by atoms with Crippen molar-refractivity contribution >= 4 is 11.6 Å². The van der Waals surface area contributed by atoms with Gasteiger partial charge in [0.1, 0.15) is 5.69 Å². The molecule has 0 atom stereocenters. The standard InChI is InChI=1S/C12H20N4O/c1-8-9(13)10(16(3)15-8)11(17)14-12(2)6-4-5-7-12/h4-7,13H2,1-3H3,(H,14,17). The Balaban J connectivity index is 2.20. The highest BCUT2D eigenvalue weighted by Crippen LogP contribution is 2.29. The lowest BCUT2D eigenvalue weighted by Gasteiger charge is -2.25. The molecule has 1 heterocycles. The molecule has 0 saturated heterocycles. The van der Waals surface area contributed by atoms with Gasteiger partial charge in [-0.05, 0) is 26.7 Å². The zero-order chi connectivity index (χ0) is 12.6. The Hall–Kier alpha value is -1.52. The van der Waals surface area contributed by atoms with Crippen LogP contribution < -0.4 is 11.1 Å². The highest BCUT2D eigenvalue weighted by molar-refractivity contribution is 5.98. The fraction of sp³-hybridized carbons (Fsp3) is 0.667. The van der Waals surface area contributed by atoms with Crippen molar-refractivity contribution in [1.29, 1.82) is 0 Å². The van der Waals surface area contributed by atoms with Crippen LogP contribution in [0, 0.1) is 6.92 Å². The quantitative estimate of drug-likeness (QED) is 0.814. The molecule has 17 heavy (non-hydrogen) atoms. The summed E-state index contributed by atoms with van der Waals surface area (Å²) < 4.78 is 1.55. The molecule has 0 spiro atoms. The molecule has 0 unspecified atom stereocenters. The second-order valence-electron chi connectivity index (χ2n) is 5.19. The monoisotopic (exact) mass is 236 g/mol. The molecule has 5 heteroatoms. The third kappa shape index (κ3) is 2.14. The van der Waals surface area contributed by atoms with Crippen molar-refractivity contribution in [2.45, 2.75) is 45.1 Å². The number of amides is 1. The smallest absolute Gasteiger partial charge is 0.272 e. The summed E-state index contributed by atoms with van der Waals surface area (Å²) in [5.41, 5.74) is 7.45. The fourth-order valence-electron chi connectivity index (χ4n) is 2.56. The van der Waals surface area contributed by atoms with Crippen LogP contribution >= 0.6 is 0 Å². The molecule has 1 aliphatic rings. The Labute approximate surface area is 101 Å². The molecule has 5 nitrogen and oxygen atoms in total. The minimum absolute atomic E-state index is 0.0816. The molecule has 0 bridgehead atoms. The maximum absolute atomic E-state index is 12.2. The Morgan fingerprint density at radius 1 is 1.47 bits per heavy atom. The number of nitrogens with zero attached hydrogens (tertiary/aromatic N) is 2. The maximum atomic E-state index is 12.2. The third-order valence-corrected chi connectivity index (χ3v) is 3.61. The lowest BCUT2D eigenvalue weighted by atomic mass is 10.0. The number of nitrogens with one attached hydrogen (secondary N) is 1. The molecule has 2 rings (SSSR count). The van der Waals surface area contributed by atoms with E-state index in [0.29, 0.717) is 17.1 Å². The Bertz CT molecular complexity index is 444. The van der Waals surface area contributed by atoms with Crippen LogP contribution in [-0.2, 0) is 7.05 Å². The van der Waals surface area contributed by atoms with Crippen LogP contribution in [0.1, 0.15) is 48.8 Å². The van der Waals surface area contributed by atoms with Crippen molar-refractivity contribution in [1.82, 2.24) is 15.1 Å². The maximum Gasteiger partial charge on any atom is 0.272 e. The lowest BCUT2D eigenvalue weighted by Crippen LogP contribution is -2.44. The molecular formula is C12H20N4O. The Morgan fingerprint density at radius 2 is 2.06 bits per heavy atom. The van der Waals surface area contributed by atoms with Crippen LogP contribution in [-0.4, -0.2) is 21.2 Å². The van der Waals surface area contributed by atoms with Crippen molar-refractivity contribution in [3.63, 3.8) is 0 Å². The zero-order valence-corrected chi connectivity index (χ0v) is 10.7. The van der Waals surface area contributed by atoms with Gasteiger partial charge >= 0.3 is 0 Å². The SMILES string of the molecule is Cc1nn(C)c(C(=O)NC2(C)CCCC2)c1N. The summed E-state index contributed by atoms with van der Waals surface area (Å²) in [6, 6.07) is 0. The van der Waals surface area contributed by atoms with Gasteiger partial charge in [0, 0.05) is 12.6 Å². The largest absolute Gasteiger partial charge is 0.395 e. The molecule has 1 aliphatic carbocycles. The van der Waals surface area contributed by atoms with Gasteiger partial charge in [-0.25, -0.2) is 0 Å². The van der Waals surface area contributed by atoms with Crippen molar-refractivity contribution in [2.24, 2.45) is 7.05 Å². The topological polar surface area (TPSA) is 72.9 Å². The van der Waals surface area contributed by atoms with Gasteiger partial charge in [0.25, 0.3) is 5.91 Å². The number of aryl methyl sites for hydroxylation is 2. The van der Waals surface area contributed by atoms with E-state index in [4.69, 9.17) is 5.73 Å². The van der Waals surface area contributed by atoms with E-state index in [9.17, 15) is 4.79 Å². The van der Waals surface area contributed by atoms with E-state index in [2.05, 4.69) is 17.3 Å². The first-order chi connectivity index (χ1) is 7.93. The molecule has 3 N–H and O–H groups in total. The number of carbonyl (C=O) groups excluding carboxylic acids is 1. The number of carbonyl (C=O) groups is 1. The number of nitrogen functional groups attached to an aromatic ring is 1. The Morgan fingerprint density at radius 3 is 2.53 bits per heavy atom. The number of anilines is 1. The minimum atomic E-state index is -0.116. The van der Waals surface area contributed by atoms with Gasteiger partial charge in [0.05, 0.1) is 11.4 Å². The van der Waals surface area contributed by atoms with Gasteiger partial charge in [-0.2, -0.15) is 5.10 Å². The van der Waals surface area contributed by atoms with Gasteiger partial charge in [0.2, 0.25) is 0 Å². The summed E-state index contributed by atoms with van der Waals surface area (Å²) in [6.07, 6.45) is 4.43. The summed E-state index contributed by atoms with van der Waals surface area (Å²) in [5.74, 6) is -0.116. The average Bonchev–Trinajstić information content (AvgIpc) is 2.73. The lowest BCUT2D eigenvalue weighted by molar-refractivity contribution is 0.0899. The molecule has 1 aromatic heterocycles. The van der Waals surface area contributed by atoms with E-state index in [1.807, 2.05) is 6.92 Å². The number of nitrogens with two attached hydrogens (primary N) is 1. The number of rotatable bonds is 2. The van der Waals surface area contributed by atoms with E-state index in [1.54, 1.807) is 11.7 Å². The van der Waals surface area contributed by atoms with Crippen molar-refractivity contribution in [2.75, 3.05) is 5.73 Å². The van der Waals surface area contributed by atoms with Crippen molar-refractivity contribution in [3.05, 3.63) is 11.4 Å². The van der Waals surface area contributed by atoms with Crippen LogP contribution in [0.25, 0.3) is 0 Å². The summed E-state index contributed by atoms with van der Waals surface area (Å²) in [6.45, 7) is 3.90. The number of hydrogen-bond donors (Lipinski definition) is 2. The normalized spacial score (nSPS) is 18.3. The van der Waals surface area contributed by atoms with Gasteiger partial charge < -0.3 is 11.1 Å². The molecule has 1 amide bonds. The molecule has 0 radical (unpaired) electrons. The highest BCUT2D eigenvalue weighted by atomic mass is 16.2. The van der Waals surface area contributed by atoms with Gasteiger partial charge in [-0.3, -0.25) is 9.48 Å². The zero-order valence-electron chi connectivity index (χ0n) is 10.7. The third-order valence-electron chi connectivity index (χ3n) is 3.61. The number of aromatic nitrogens is 2. The number of hydrogen-bond acceptors (Lipinski definition) is 3. The molecule has 0 aromatic carbocycles. The molecule has 1 saturated carbocycles. The van der Waals surface area contributed by atoms with Crippen LogP contribution in [0.4, 0.5) is 5.69 Å².